The van der Waals surface area contributed by atoms with Crippen LogP contribution in [0.15, 0.2) is 10.7 Å². The highest BCUT2D eigenvalue weighted by Gasteiger charge is 2.27. The van der Waals surface area contributed by atoms with Gasteiger partial charge in [-0.05, 0) is 38.3 Å². The van der Waals surface area contributed by atoms with E-state index in [-0.39, 0.29) is 11.3 Å². The molecule has 0 atom stereocenters. The number of nitrogens with one attached hydrogen (secondary N) is 2. The Morgan fingerprint density at radius 1 is 1.59 bits per heavy atom. The largest absolute Gasteiger partial charge is 0.351 e. The molecule has 1 aromatic heterocycles. The van der Waals surface area contributed by atoms with Gasteiger partial charge in [-0.15, -0.1) is 0 Å². The summed E-state index contributed by atoms with van der Waals surface area (Å²) in [5, 5.41) is 9.87. The molecule has 0 radical (unpaired) electrons. The maximum Gasteiger partial charge on any atom is 0.290 e. The van der Waals surface area contributed by atoms with E-state index in [0.29, 0.717) is 12.3 Å². The zero-order valence-electron chi connectivity index (χ0n) is 10.4. The van der Waals surface area contributed by atoms with E-state index in [1.54, 1.807) is 6.20 Å². The van der Waals surface area contributed by atoms with Gasteiger partial charge >= 0.3 is 0 Å². The molecule has 1 saturated heterocycles. The molecule has 0 saturated carbocycles. The van der Waals surface area contributed by atoms with E-state index in [1.807, 2.05) is 6.92 Å². The van der Waals surface area contributed by atoms with Gasteiger partial charge in [-0.3, -0.25) is 4.79 Å². The van der Waals surface area contributed by atoms with Crippen LogP contribution in [0.2, 0.25) is 0 Å². The molecule has 2 rings (SSSR count). The first-order chi connectivity index (χ1) is 8.11. The van der Waals surface area contributed by atoms with Gasteiger partial charge in [0.05, 0.1) is 6.20 Å². The number of carbonyl (C=O) groups excluding carboxylic acids is 1. The van der Waals surface area contributed by atoms with Gasteiger partial charge in [0.25, 0.3) is 5.91 Å². The van der Waals surface area contributed by atoms with Crippen LogP contribution in [0.25, 0.3) is 0 Å². The summed E-state index contributed by atoms with van der Waals surface area (Å²) >= 11 is 0. The molecule has 17 heavy (non-hydrogen) atoms. The summed E-state index contributed by atoms with van der Waals surface area (Å²) in [5.41, 5.74) is 0.965. The third-order valence-corrected chi connectivity index (χ3v) is 3.44. The van der Waals surface area contributed by atoms with Gasteiger partial charge in [-0.25, -0.2) is 0 Å². The second kappa shape index (κ2) is 4.87. The van der Waals surface area contributed by atoms with Crippen molar-refractivity contribution in [1.29, 1.82) is 0 Å². The molecule has 1 aliphatic heterocycles. The van der Waals surface area contributed by atoms with Crippen molar-refractivity contribution in [2.75, 3.05) is 19.6 Å². The number of amides is 1. The van der Waals surface area contributed by atoms with E-state index in [1.165, 1.54) is 0 Å². The van der Waals surface area contributed by atoms with Crippen molar-refractivity contribution in [1.82, 2.24) is 15.8 Å². The molecule has 0 spiro atoms. The minimum atomic E-state index is -0.167. The van der Waals surface area contributed by atoms with Crippen LogP contribution < -0.4 is 10.6 Å². The zero-order valence-corrected chi connectivity index (χ0v) is 10.4. The van der Waals surface area contributed by atoms with Crippen molar-refractivity contribution < 1.29 is 9.32 Å². The Kier molecular flexibility index (Phi) is 3.47. The minimum absolute atomic E-state index is 0.167. The van der Waals surface area contributed by atoms with Gasteiger partial charge < -0.3 is 15.2 Å². The molecule has 5 heteroatoms. The van der Waals surface area contributed by atoms with E-state index in [4.69, 9.17) is 4.52 Å². The number of nitrogens with zero attached hydrogens (tertiary/aromatic N) is 1. The molecule has 2 N–H and O–H groups in total. The van der Waals surface area contributed by atoms with Crippen molar-refractivity contribution >= 4 is 5.91 Å². The van der Waals surface area contributed by atoms with Crippen molar-refractivity contribution in [3.8, 4) is 0 Å². The monoisotopic (exact) mass is 237 g/mol. The molecule has 2 heterocycles. The normalized spacial score (nSPS) is 18.9. The number of hydrogen-bond acceptors (Lipinski definition) is 4. The van der Waals surface area contributed by atoms with E-state index in [2.05, 4.69) is 22.7 Å². The summed E-state index contributed by atoms with van der Waals surface area (Å²) < 4.78 is 4.92. The molecule has 0 aromatic carbocycles. The molecule has 0 unspecified atom stereocenters. The third-order valence-electron chi connectivity index (χ3n) is 3.44. The summed E-state index contributed by atoms with van der Waals surface area (Å²) in [6.07, 6.45) is 3.73. The maximum absolute atomic E-state index is 11.9. The summed E-state index contributed by atoms with van der Waals surface area (Å²) in [4.78, 5) is 11.9. The van der Waals surface area contributed by atoms with Crippen molar-refractivity contribution in [2.24, 2.45) is 5.41 Å². The Hall–Kier alpha value is -1.36. The smallest absolute Gasteiger partial charge is 0.290 e. The maximum atomic E-state index is 11.9. The average Bonchev–Trinajstić information content (AvgIpc) is 2.74. The third kappa shape index (κ3) is 2.85. The second-order valence-corrected chi connectivity index (χ2v) is 5.08. The molecule has 0 bridgehead atoms. The highest BCUT2D eigenvalue weighted by Crippen LogP contribution is 2.26. The highest BCUT2D eigenvalue weighted by atomic mass is 16.5. The fourth-order valence-corrected chi connectivity index (χ4v) is 2.09. The fraction of sp³-hybridized carbons (Fsp3) is 0.667. The Labute approximate surface area is 101 Å². The van der Waals surface area contributed by atoms with Crippen LogP contribution in [0.3, 0.4) is 0 Å². The van der Waals surface area contributed by atoms with Crippen LogP contribution in [0.1, 0.15) is 35.9 Å². The molecule has 1 fully saturated rings. The molecule has 1 aliphatic rings. The first-order valence-electron chi connectivity index (χ1n) is 6.01. The molecule has 0 aliphatic carbocycles. The van der Waals surface area contributed by atoms with E-state index < -0.39 is 0 Å². The van der Waals surface area contributed by atoms with Crippen molar-refractivity contribution in [2.45, 2.75) is 26.7 Å². The summed E-state index contributed by atoms with van der Waals surface area (Å²) in [6.45, 7) is 6.76. The number of hydrogen-bond donors (Lipinski definition) is 2. The van der Waals surface area contributed by atoms with Crippen molar-refractivity contribution in [3.05, 3.63) is 17.5 Å². The van der Waals surface area contributed by atoms with Gasteiger partial charge in [0.15, 0.2) is 0 Å². The predicted molar refractivity (Wildman–Crippen MR) is 63.8 cm³/mol. The highest BCUT2D eigenvalue weighted by molar-refractivity contribution is 5.92. The summed E-state index contributed by atoms with van der Waals surface area (Å²) in [7, 11) is 0. The Morgan fingerprint density at radius 2 is 2.29 bits per heavy atom. The van der Waals surface area contributed by atoms with Gasteiger partial charge in [0.2, 0.25) is 5.76 Å². The van der Waals surface area contributed by atoms with Crippen LogP contribution in [0.5, 0.6) is 0 Å². The Bertz CT molecular complexity index is 394. The zero-order chi connectivity index (χ0) is 12.3. The lowest BCUT2D eigenvalue weighted by molar-refractivity contribution is 0.0884. The number of rotatable bonds is 3. The lowest BCUT2D eigenvalue weighted by atomic mass is 9.81. The molecule has 94 valence electrons. The molecular formula is C12H19N3O2. The number of aromatic nitrogens is 1. The first-order valence-corrected chi connectivity index (χ1v) is 6.01. The van der Waals surface area contributed by atoms with Crippen molar-refractivity contribution in [3.63, 3.8) is 0 Å². The van der Waals surface area contributed by atoms with Gasteiger partial charge in [0.1, 0.15) is 0 Å². The number of aryl methyl sites for hydroxylation is 1. The summed E-state index contributed by atoms with van der Waals surface area (Å²) in [5.74, 6) is 0.155. The molecule has 1 aromatic rings. The van der Waals surface area contributed by atoms with E-state index in [0.717, 1.165) is 31.5 Å². The second-order valence-electron chi connectivity index (χ2n) is 5.08. The minimum Gasteiger partial charge on any atom is -0.351 e. The quantitative estimate of drug-likeness (QED) is 0.826. The van der Waals surface area contributed by atoms with Gasteiger partial charge in [0, 0.05) is 12.1 Å². The average molecular weight is 237 g/mol. The van der Waals surface area contributed by atoms with Crippen LogP contribution in [0, 0.1) is 12.3 Å². The lowest BCUT2D eigenvalue weighted by Gasteiger charge is -2.33. The van der Waals surface area contributed by atoms with Crippen LogP contribution in [-0.2, 0) is 0 Å². The number of piperidine rings is 1. The standard InChI is InChI=1S/C12H19N3O2/c1-9-7-15-17-10(9)11(16)14-8-12(2)3-5-13-6-4-12/h7,13H,3-6,8H2,1-2H3,(H,14,16). The first kappa shape index (κ1) is 12.1. The van der Waals surface area contributed by atoms with Gasteiger partial charge in [-0.1, -0.05) is 12.1 Å². The van der Waals surface area contributed by atoms with Crippen LogP contribution in [0.4, 0.5) is 0 Å². The Balaban J connectivity index is 1.90. The Morgan fingerprint density at radius 3 is 2.88 bits per heavy atom. The molecular weight excluding hydrogens is 218 g/mol. The molecule has 1 amide bonds. The fourth-order valence-electron chi connectivity index (χ4n) is 2.09. The predicted octanol–water partition coefficient (Wildman–Crippen LogP) is 1.10. The van der Waals surface area contributed by atoms with E-state index in [9.17, 15) is 4.79 Å². The van der Waals surface area contributed by atoms with Gasteiger partial charge in [-0.2, -0.15) is 0 Å². The van der Waals surface area contributed by atoms with Crippen LogP contribution in [-0.4, -0.2) is 30.7 Å². The topological polar surface area (TPSA) is 67.2 Å². The lowest BCUT2D eigenvalue weighted by Crippen LogP contribution is -2.42. The number of carbonyl (C=O) groups is 1. The summed E-state index contributed by atoms with van der Waals surface area (Å²) in [6, 6.07) is 0. The molecule has 5 nitrogen and oxygen atoms in total. The van der Waals surface area contributed by atoms with E-state index >= 15 is 0 Å². The van der Waals surface area contributed by atoms with Crippen LogP contribution >= 0.6 is 0 Å². The SMILES string of the molecule is Cc1cnoc1C(=O)NCC1(C)CCNCC1.